The smallest absolute Gasteiger partial charge is 0.239 e. The van der Waals surface area contributed by atoms with Crippen LogP contribution in [0.4, 0.5) is 0 Å². The number of hydrogen-bond donors (Lipinski definition) is 0. The molecule has 0 saturated carbocycles. The third-order valence-electron chi connectivity index (χ3n) is 6.31. The van der Waals surface area contributed by atoms with Crippen molar-refractivity contribution in [2.75, 3.05) is 32.7 Å². The molecule has 7 heteroatoms. The third kappa shape index (κ3) is 3.70. The van der Waals surface area contributed by atoms with E-state index >= 15 is 0 Å². The molecular weight excluding hydrogens is 342 g/mol. The molecule has 4 heterocycles. The average Bonchev–Trinajstić information content (AvgIpc) is 3.38. The van der Waals surface area contributed by atoms with Gasteiger partial charge in [0.1, 0.15) is 5.82 Å². The minimum absolute atomic E-state index is 0.0201. The molecule has 3 aliphatic rings. The summed E-state index contributed by atoms with van der Waals surface area (Å²) in [4.78, 5) is 39.9. The lowest BCUT2D eigenvalue weighted by Crippen LogP contribution is -2.45. The van der Waals surface area contributed by atoms with Gasteiger partial charge < -0.3 is 9.80 Å². The molecule has 0 aliphatic carbocycles. The van der Waals surface area contributed by atoms with Crippen LogP contribution in [-0.2, 0) is 22.6 Å². The maximum Gasteiger partial charge on any atom is 0.239 e. The van der Waals surface area contributed by atoms with Gasteiger partial charge >= 0.3 is 0 Å². The Morgan fingerprint density at radius 1 is 1.15 bits per heavy atom. The van der Waals surface area contributed by atoms with Gasteiger partial charge in [-0.2, -0.15) is 0 Å². The fourth-order valence-corrected chi connectivity index (χ4v) is 4.52. The number of fused-ring (bicyclic) bond motifs is 1. The maximum absolute atomic E-state index is 12.8. The fraction of sp³-hybridized carbons (Fsp3) is 0.700. The van der Waals surface area contributed by atoms with E-state index in [1.807, 2.05) is 22.9 Å². The molecule has 7 nitrogen and oxygen atoms in total. The Labute approximate surface area is 160 Å². The van der Waals surface area contributed by atoms with E-state index in [4.69, 9.17) is 4.98 Å². The SMILES string of the molecule is CC(=O)N1CCc2nc([C@H]3CCN(C(=O)[C@H](C)N4CCCC4)C3)ncc2C1. The van der Waals surface area contributed by atoms with E-state index in [-0.39, 0.29) is 23.8 Å². The van der Waals surface area contributed by atoms with E-state index in [0.717, 1.165) is 62.6 Å². The Hall–Kier alpha value is -2.02. The molecule has 0 unspecified atom stereocenters. The first-order chi connectivity index (χ1) is 13.0. The molecule has 1 aromatic heterocycles. The van der Waals surface area contributed by atoms with Crippen LogP contribution in [0.25, 0.3) is 0 Å². The molecule has 2 atom stereocenters. The molecule has 0 aromatic carbocycles. The Morgan fingerprint density at radius 3 is 2.67 bits per heavy atom. The minimum atomic E-state index is -0.0201. The highest BCUT2D eigenvalue weighted by Crippen LogP contribution is 2.27. The van der Waals surface area contributed by atoms with Gasteiger partial charge in [0.2, 0.25) is 11.8 Å². The van der Waals surface area contributed by atoms with E-state index in [0.29, 0.717) is 6.54 Å². The van der Waals surface area contributed by atoms with Gasteiger partial charge in [-0.3, -0.25) is 14.5 Å². The zero-order valence-electron chi connectivity index (χ0n) is 16.4. The summed E-state index contributed by atoms with van der Waals surface area (Å²) in [6.07, 6.45) is 5.99. The Balaban J connectivity index is 1.40. The Bertz CT molecular complexity index is 731. The highest BCUT2D eigenvalue weighted by atomic mass is 16.2. The number of nitrogens with zero attached hydrogens (tertiary/aromatic N) is 5. The van der Waals surface area contributed by atoms with Crippen LogP contribution in [0.1, 0.15) is 56.1 Å². The normalized spacial score (nSPS) is 24.1. The summed E-state index contributed by atoms with van der Waals surface area (Å²) in [5.74, 6) is 1.42. The van der Waals surface area contributed by atoms with E-state index < -0.39 is 0 Å². The predicted molar refractivity (Wildman–Crippen MR) is 101 cm³/mol. The summed E-state index contributed by atoms with van der Waals surface area (Å²) >= 11 is 0. The van der Waals surface area contributed by atoms with Gasteiger partial charge in [0.25, 0.3) is 0 Å². The van der Waals surface area contributed by atoms with Gasteiger partial charge in [-0.05, 0) is 39.3 Å². The second kappa shape index (κ2) is 7.54. The standard InChI is InChI=1S/C20H29N5O2/c1-14(23-7-3-4-8-23)20(27)25-9-5-16(12-25)19-21-11-17-13-24(15(2)26)10-6-18(17)22-19/h11,14,16H,3-10,12-13H2,1-2H3/t14-,16-/m0/s1. The Kier molecular flexibility index (Phi) is 5.12. The van der Waals surface area contributed by atoms with Crippen molar-refractivity contribution >= 4 is 11.8 Å². The predicted octanol–water partition coefficient (Wildman–Crippen LogP) is 1.18. The van der Waals surface area contributed by atoms with Gasteiger partial charge in [-0.25, -0.2) is 9.97 Å². The molecule has 0 radical (unpaired) electrons. The first kappa shape index (κ1) is 18.3. The summed E-state index contributed by atoms with van der Waals surface area (Å²) in [5, 5.41) is 0. The van der Waals surface area contributed by atoms with Crippen molar-refractivity contribution in [2.24, 2.45) is 0 Å². The highest BCUT2D eigenvalue weighted by molar-refractivity contribution is 5.81. The van der Waals surface area contributed by atoms with Crippen LogP contribution in [-0.4, -0.2) is 75.2 Å². The third-order valence-corrected chi connectivity index (χ3v) is 6.31. The van der Waals surface area contributed by atoms with Gasteiger partial charge in [-0.1, -0.05) is 0 Å². The average molecular weight is 371 g/mol. The number of rotatable bonds is 3. The topological polar surface area (TPSA) is 69.6 Å². The van der Waals surface area contributed by atoms with Crippen LogP contribution in [0.5, 0.6) is 0 Å². The maximum atomic E-state index is 12.8. The highest BCUT2D eigenvalue weighted by Gasteiger charge is 2.34. The summed E-state index contributed by atoms with van der Waals surface area (Å²) < 4.78 is 0. The minimum Gasteiger partial charge on any atom is -0.341 e. The summed E-state index contributed by atoms with van der Waals surface area (Å²) in [6, 6.07) is -0.0201. The first-order valence-corrected chi connectivity index (χ1v) is 10.2. The van der Waals surface area contributed by atoms with Gasteiger partial charge in [-0.15, -0.1) is 0 Å². The summed E-state index contributed by atoms with van der Waals surface area (Å²) in [7, 11) is 0. The molecular formula is C20H29N5O2. The summed E-state index contributed by atoms with van der Waals surface area (Å²) in [5.41, 5.74) is 2.11. The second-order valence-electron chi connectivity index (χ2n) is 8.08. The van der Waals surface area contributed by atoms with Crippen molar-refractivity contribution in [3.63, 3.8) is 0 Å². The van der Waals surface area contributed by atoms with E-state index in [2.05, 4.69) is 9.88 Å². The van der Waals surface area contributed by atoms with E-state index in [1.165, 1.54) is 12.8 Å². The lowest BCUT2D eigenvalue weighted by atomic mass is 10.0. The monoisotopic (exact) mass is 371 g/mol. The Morgan fingerprint density at radius 2 is 1.93 bits per heavy atom. The molecule has 2 fully saturated rings. The molecule has 4 rings (SSSR count). The number of likely N-dealkylation sites (tertiary alicyclic amines) is 2. The van der Waals surface area contributed by atoms with Crippen LogP contribution in [0.15, 0.2) is 6.20 Å². The van der Waals surface area contributed by atoms with Crippen LogP contribution in [0.2, 0.25) is 0 Å². The van der Waals surface area contributed by atoms with Gasteiger partial charge in [0, 0.05) is 57.2 Å². The van der Waals surface area contributed by atoms with Gasteiger partial charge in [0.15, 0.2) is 0 Å². The van der Waals surface area contributed by atoms with Gasteiger partial charge in [0.05, 0.1) is 11.7 Å². The van der Waals surface area contributed by atoms with Crippen molar-refractivity contribution in [1.29, 1.82) is 0 Å². The lowest BCUT2D eigenvalue weighted by Gasteiger charge is -2.28. The summed E-state index contributed by atoms with van der Waals surface area (Å²) in [6.45, 7) is 8.56. The molecule has 27 heavy (non-hydrogen) atoms. The second-order valence-corrected chi connectivity index (χ2v) is 8.08. The fourth-order valence-electron chi connectivity index (χ4n) is 4.52. The zero-order chi connectivity index (χ0) is 19.0. The van der Waals surface area contributed by atoms with Crippen LogP contribution >= 0.6 is 0 Å². The van der Waals surface area contributed by atoms with Crippen LogP contribution in [0, 0.1) is 0 Å². The molecule has 2 saturated heterocycles. The van der Waals surface area contributed by atoms with Crippen LogP contribution < -0.4 is 0 Å². The molecule has 0 N–H and O–H groups in total. The van der Waals surface area contributed by atoms with Crippen LogP contribution in [0.3, 0.4) is 0 Å². The quantitative estimate of drug-likeness (QED) is 0.798. The van der Waals surface area contributed by atoms with Crippen molar-refractivity contribution in [2.45, 2.75) is 58.0 Å². The molecule has 146 valence electrons. The molecule has 2 amide bonds. The van der Waals surface area contributed by atoms with E-state index in [9.17, 15) is 9.59 Å². The number of aromatic nitrogens is 2. The van der Waals surface area contributed by atoms with Crippen molar-refractivity contribution in [3.8, 4) is 0 Å². The molecule has 3 aliphatic heterocycles. The molecule has 1 aromatic rings. The molecule has 0 spiro atoms. The number of carbonyl (C=O) groups is 2. The van der Waals surface area contributed by atoms with Crippen molar-refractivity contribution < 1.29 is 9.59 Å². The number of carbonyl (C=O) groups excluding carboxylic acids is 2. The first-order valence-electron chi connectivity index (χ1n) is 10.2. The lowest BCUT2D eigenvalue weighted by molar-refractivity contribution is -0.135. The molecule has 0 bridgehead atoms. The number of amides is 2. The largest absolute Gasteiger partial charge is 0.341 e. The van der Waals surface area contributed by atoms with Crippen molar-refractivity contribution in [1.82, 2.24) is 24.7 Å². The van der Waals surface area contributed by atoms with E-state index in [1.54, 1.807) is 6.92 Å². The number of hydrogen-bond acceptors (Lipinski definition) is 5. The van der Waals surface area contributed by atoms with Crippen molar-refractivity contribution in [3.05, 3.63) is 23.3 Å². The zero-order valence-corrected chi connectivity index (χ0v) is 16.4.